The van der Waals surface area contributed by atoms with E-state index in [1.807, 2.05) is 0 Å². The number of hydrogen-bond acceptors (Lipinski definition) is 8. The van der Waals surface area contributed by atoms with Crippen LogP contribution in [0.15, 0.2) is 24.3 Å². The van der Waals surface area contributed by atoms with Crippen LogP contribution in [0.25, 0.3) is 0 Å². The SMILES string of the molecule is O=C(CCCCCN1C(=O)C=CC1=O)OCC1CC2C3CC(COC(=O)CCCCCCN4C(=O)C=CC4=O)C(C3)C2C1. The minimum absolute atomic E-state index is 0.139. The van der Waals surface area contributed by atoms with Gasteiger partial charge in [-0.25, -0.2) is 0 Å². The Kier molecular flexibility index (Phi) is 10.5. The molecule has 4 amide bonds. The Bertz CT molecular complexity index is 1130. The molecule has 3 aliphatic carbocycles. The van der Waals surface area contributed by atoms with E-state index in [1.165, 1.54) is 40.5 Å². The molecule has 5 aliphatic rings. The summed E-state index contributed by atoms with van der Waals surface area (Å²) in [6, 6.07) is 0. The molecule has 6 unspecified atom stereocenters. The quantitative estimate of drug-likeness (QED) is 0.141. The summed E-state index contributed by atoms with van der Waals surface area (Å²) in [7, 11) is 0. The summed E-state index contributed by atoms with van der Waals surface area (Å²) in [6.45, 7) is 1.80. The highest BCUT2D eigenvalue weighted by Gasteiger charge is 2.56. The van der Waals surface area contributed by atoms with E-state index in [0.29, 0.717) is 87.5 Å². The molecule has 43 heavy (non-hydrogen) atoms. The summed E-state index contributed by atoms with van der Waals surface area (Å²) in [5.74, 6) is 2.13. The number of ether oxygens (including phenoxy) is 2. The van der Waals surface area contributed by atoms with Gasteiger partial charge in [0, 0.05) is 50.2 Å². The highest BCUT2D eigenvalue weighted by atomic mass is 16.5. The van der Waals surface area contributed by atoms with E-state index in [2.05, 4.69) is 0 Å². The van der Waals surface area contributed by atoms with Gasteiger partial charge in [0.05, 0.1) is 13.2 Å². The van der Waals surface area contributed by atoms with Crippen LogP contribution in [0.1, 0.15) is 83.5 Å². The van der Waals surface area contributed by atoms with Crippen molar-refractivity contribution in [3.63, 3.8) is 0 Å². The van der Waals surface area contributed by atoms with Crippen molar-refractivity contribution in [1.29, 1.82) is 0 Å². The predicted molar refractivity (Wildman–Crippen MR) is 155 cm³/mol. The van der Waals surface area contributed by atoms with Crippen LogP contribution >= 0.6 is 0 Å². The maximum atomic E-state index is 12.4. The number of imide groups is 2. The Morgan fingerprint density at radius 3 is 1.65 bits per heavy atom. The van der Waals surface area contributed by atoms with E-state index in [0.717, 1.165) is 51.4 Å². The molecule has 2 aliphatic heterocycles. The Balaban J connectivity index is 0.894. The van der Waals surface area contributed by atoms with E-state index in [9.17, 15) is 28.8 Å². The largest absolute Gasteiger partial charge is 0.465 e. The summed E-state index contributed by atoms with van der Waals surface area (Å²) in [4.78, 5) is 73.4. The molecule has 0 radical (unpaired) electrons. The van der Waals surface area contributed by atoms with Crippen molar-refractivity contribution in [2.45, 2.75) is 83.5 Å². The first-order valence-corrected chi connectivity index (χ1v) is 16.2. The van der Waals surface area contributed by atoms with Crippen molar-refractivity contribution in [3.05, 3.63) is 24.3 Å². The average Bonchev–Trinajstić information content (AvgIpc) is 3.79. The summed E-state index contributed by atoms with van der Waals surface area (Å²) in [6.07, 6.45) is 15.8. The van der Waals surface area contributed by atoms with Crippen LogP contribution in [0.4, 0.5) is 0 Å². The Labute approximate surface area is 253 Å². The molecule has 0 aromatic carbocycles. The molecule has 6 atom stereocenters. The van der Waals surface area contributed by atoms with Crippen LogP contribution in [-0.4, -0.2) is 71.7 Å². The van der Waals surface area contributed by atoms with Gasteiger partial charge in [-0.15, -0.1) is 0 Å². The topological polar surface area (TPSA) is 127 Å². The summed E-state index contributed by atoms with van der Waals surface area (Å²) in [5, 5.41) is 0. The summed E-state index contributed by atoms with van der Waals surface area (Å²) >= 11 is 0. The van der Waals surface area contributed by atoms with Crippen LogP contribution in [0.2, 0.25) is 0 Å². The molecule has 2 heterocycles. The third kappa shape index (κ3) is 7.81. The first-order valence-electron chi connectivity index (χ1n) is 16.2. The van der Waals surface area contributed by atoms with Gasteiger partial charge in [0.15, 0.2) is 0 Å². The van der Waals surface area contributed by atoms with Gasteiger partial charge in [-0.2, -0.15) is 0 Å². The van der Waals surface area contributed by atoms with Crippen molar-refractivity contribution in [3.8, 4) is 0 Å². The van der Waals surface area contributed by atoms with Gasteiger partial charge >= 0.3 is 11.9 Å². The van der Waals surface area contributed by atoms with Crippen LogP contribution in [0, 0.1) is 35.5 Å². The van der Waals surface area contributed by atoms with Gasteiger partial charge in [0.25, 0.3) is 23.6 Å². The molecule has 0 spiro atoms. The van der Waals surface area contributed by atoms with Crippen LogP contribution in [-0.2, 0) is 38.2 Å². The van der Waals surface area contributed by atoms with Gasteiger partial charge in [-0.1, -0.05) is 19.3 Å². The smallest absolute Gasteiger partial charge is 0.305 e. The fourth-order valence-electron chi connectivity index (χ4n) is 8.12. The lowest BCUT2D eigenvalue weighted by Crippen LogP contribution is -2.30. The molecule has 0 aromatic heterocycles. The molecule has 234 valence electrons. The first kappa shape index (κ1) is 31.1. The van der Waals surface area contributed by atoms with Crippen molar-refractivity contribution in [2.75, 3.05) is 26.3 Å². The van der Waals surface area contributed by atoms with Gasteiger partial charge in [0.2, 0.25) is 0 Å². The monoisotopic (exact) mass is 596 g/mol. The number of fused-ring (bicyclic) bond motifs is 5. The molecule has 2 bridgehead atoms. The van der Waals surface area contributed by atoms with E-state index in [4.69, 9.17) is 9.47 Å². The zero-order chi connectivity index (χ0) is 30.3. The number of unbranched alkanes of at least 4 members (excludes halogenated alkanes) is 5. The molecular weight excluding hydrogens is 552 g/mol. The van der Waals surface area contributed by atoms with E-state index in [1.54, 1.807) is 0 Å². The van der Waals surface area contributed by atoms with Gasteiger partial charge in [-0.3, -0.25) is 38.6 Å². The van der Waals surface area contributed by atoms with Crippen LogP contribution < -0.4 is 0 Å². The fourth-order valence-corrected chi connectivity index (χ4v) is 8.12. The maximum absolute atomic E-state index is 12.4. The number of carbonyl (C=O) groups excluding carboxylic acids is 6. The Morgan fingerprint density at radius 1 is 0.581 bits per heavy atom. The lowest BCUT2D eigenvalue weighted by atomic mass is 9.76. The zero-order valence-corrected chi connectivity index (χ0v) is 25.0. The molecule has 0 N–H and O–H groups in total. The van der Waals surface area contributed by atoms with Crippen molar-refractivity contribution in [2.24, 2.45) is 35.5 Å². The molecule has 10 nitrogen and oxygen atoms in total. The van der Waals surface area contributed by atoms with Crippen LogP contribution in [0.3, 0.4) is 0 Å². The van der Waals surface area contributed by atoms with Gasteiger partial charge < -0.3 is 9.47 Å². The fraction of sp³-hybridized carbons (Fsp3) is 0.697. The minimum atomic E-state index is -0.266. The molecule has 3 fully saturated rings. The lowest BCUT2D eigenvalue weighted by Gasteiger charge is -2.31. The van der Waals surface area contributed by atoms with Crippen molar-refractivity contribution >= 4 is 35.6 Å². The third-order valence-electron chi connectivity index (χ3n) is 10.2. The second-order valence-corrected chi connectivity index (χ2v) is 13.0. The van der Waals surface area contributed by atoms with Gasteiger partial charge in [0.1, 0.15) is 0 Å². The van der Waals surface area contributed by atoms with Gasteiger partial charge in [-0.05, 0) is 86.9 Å². The summed E-state index contributed by atoms with van der Waals surface area (Å²) < 4.78 is 11.3. The number of hydrogen-bond donors (Lipinski definition) is 0. The average molecular weight is 597 g/mol. The van der Waals surface area contributed by atoms with E-state index in [-0.39, 0.29) is 35.6 Å². The number of esters is 2. The molecule has 3 saturated carbocycles. The lowest BCUT2D eigenvalue weighted by molar-refractivity contribution is -0.146. The molecule has 0 saturated heterocycles. The number of amides is 4. The Hall–Kier alpha value is -3.30. The van der Waals surface area contributed by atoms with E-state index < -0.39 is 0 Å². The van der Waals surface area contributed by atoms with Crippen molar-refractivity contribution < 1.29 is 38.2 Å². The molecule has 5 rings (SSSR count). The van der Waals surface area contributed by atoms with E-state index >= 15 is 0 Å². The number of carbonyl (C=O) groups is 6. The molecular formula is C33H44N2O8. The standard InChI is InChI=1S/C33H44N2O8/c36-28-10-11-29(37)34(28)14-6-2-1-4-8-33(41)43-21-24-18-23-19-26(24)27-17-22(16-25(23)27)20-42-32(40)9-5-3-7-15-35-30(38)12-13-31(35)39/h10-13,22-27H,1-9,14-21H2. The second kappa shape index (κ2) is 14.4. The normalized spacial score (nSPS) is 28.9. The minimum Gasteiger partial charge on any atom is -0.465 e. The van der Waals surface area contributed by atoms with Crippen molar-refractivity contribution in [1.82, 2.24) is 9.80 Å². The highest BCUT2D eigenvalue weighted by Crippen LogP contribution is 2.62. The predicted octanol–water partition coefficient (Wildman–Crippen LogP) is 3.73. The maximum Gasteiger partial charge on any atom is 0.305 e. The molecule has 10 heteroatoms. The summed E-state index contributed by atoms with van der Waals surface area (Å²) in [5.41, 5.74) is 0. The number of rotatable bonds is 17. The Morgan fingerprint density at radius 2 is 1.07 bits per heavy atom. The zero-order valence-electron chi connectivity index (χ0n) is 25.0. The molecule has 0 aromatic rings. The first-order chi connectivity index (χ1) is 20.8. The second-order valence-electron chi connectivity index (χ2n) is 13.0. The number of nitrogens with zero attached hydrogens (tertiary/aromatic N) is 2. The third-order valence-corrected chi connectivity index (χ3v) is 10.2. The van der Waals surface area contributed by atoms with Crippen LogP contribution in [0.5, 0.6) is 0 Å². The highest BCUT2D eigenvalue weighted by molar-refractivity contribution is 6.13.